The number of halogens is 1. The van der Waals surface area contributed by atoms with Gasteiger partial charge in [0, 0.05) is 27.3 Å². The molecule has 6 heteroatoms. The number of phenolic OH excluding ortho intramolecular Hbond substituents is 1. The molecule has 5 nitrogen and oxygen atoms in total. The number of carbonyl (C=O) groups is 1. The van der Waals surface area contributed by atoms with Gasteiger partial charge in [0.25, 0.3) is 5.91 Å². The predicted molar refractivity (Wildman–Crippen MR) is 65.6 cm³/mol. The summed E-state index contributed by atoms with van der Waals surface area (Å²) in [6, 6.07) is 3.78. The number of hydrogen-bond acceptors (Lipinski definition) is 4. The van der Waals surface area contributed by atoms with Gasteiger partial charge < -0.3 is 19.5 Å². The summed E-state index contributed by atoms with van der Waals surface area (Å²) in [6.07, 6.45) is -0.495. The number of hydrogen-bond donors (Lipinski definition) is 1. The van der Waals surface area contributed by atoms with E-state index in [1.54, 1.807) is 0 Å². The van der Waals surface area contributed by atoms with Crippen LogP contribution in [0.3, 0.4) is 0 Å². The number of aromatic hydroxyl groups is 1. The maximum atomic E-state index is 13.6. The van der Waals surface area contributed by atoms with Crippen LogP contribution < -0.4 is 0 Å². The smallest absolute Gasteiger partial charge is 0.260 e. The van der Waals surface area contributed by atoms with Crippen LogP contribution in [0.1, 0.15) is 10.4 Å². The van der Waals surface area contributed by atoms with Gasteiger partial charge in [-0.05, 0) is 12.1 Å². The van der Waals surface area contributed by atoms with Gasteiger partial charge in [-0.25, -0.2) is 4.39 Å². The third-order valence-corrected chi connectivity index (χ3v) is 3.31. The van der Waals surface area contributed by atoms with Gasteiger partial charge >= 0.3 is 0 Å². The molecule has 2 unspecified atom stereocenters. The van der Waals surface area contributed by atoms with Crippen LogP contribution in [0.5, 0.6) is 5.75 Å². The third-order valence-electron chi connectivity index (χ3n) is 3.31. The Morgan fingerprint density at radius 1 is 1.32 bits per heavy atom. The van der Waals surface area contributed by atoms with Gasteiger partial charge in [0.1, 0.15) is 29.3 Å². The zero-order valence-electron chi connectivity index (χ0n) is 10.8. The molecule has 1 saturated heterocycles. The Bertz CT molecular complexity index is 447. The number of amides is 1. The molecule has 1 heterocycles. The molecule has 1 aliphatic heterocycles. The van der Waals surface area contributed by atoms with E-state index >= 15 is 0 Å². The minimum absolute atomic E-state index is 0.247. The van der Waals surface area contributed by atoms with Crippen molar-refractivity contribution >= 4 is 5.91 Å². The zero-order chi connectivity index (χ0) is 14.0. The Morgan fingerprint density at radius 3 is 2.37 bits per heavy atom. The van der Waals surface area contributed by atoms with Gasteiger partial charge in [0.05, 0.1) is 0 Å². The van der Waals surface area contributed by atoms with Crippen molar-refractivity contribution in [2.45, 2.75) is 12.2 Å². The summed E-state index contributed by atoms with van der Waals surface area (Å²) >= 11 is 0. The van der Waals surface area contributed by atoms with Crippen molar-refractivity contribution < 1.29 is 23.8 Å². The van der Waals surface area contributed by atoms with Gasteiger partial charge in [0.15, 0.2) is 0 Å². The van der Waals surface area contributed by atoms with Crippen LogP contribution in [-0.4, -0.2) is 55.4 Å². The van der Waals surface area contributed by atoms with Crippen LogP contribution in [0.25, 0.3) is 0 Å². The third kappa shape index (κ3) is 2.54. The molecule has 1 aromatic carbocycles. The number of carbonyl (C=O) groups excluding carboxylic acids is 1. The molecule has 1 aliphatic rings. The van der Waals surface area contributed by atoms with E-state index in [1.807, 2.05) is 0 Å². The summed E-state index contributed by atoms with van der Waals surface area (Å²) in [5.74, 6) is -1.66. The molecule has 1 fully saturated rings. The van der Waals surface area contributed by atoms with Crippen LogP contribution in [0.2, 0.25) is 0 Å². The summed E-state index contributed by atoms with van der Waals surface area (Å²) < 4.78 is 24.1. The fourth-order valence-electron chi connectivity index (χ4n) is 2.25. The SMILES string of the molecule is COC1CN(C(=O)c2c(O)cccc2F)CC1OC. The van der Waals surface area contributed by atoms with E-state index in [-0.39, 0.29) is 23.5 Å². The number of phenols is 1. The second-order valence-electron chi connectivity index (χ2n) is 4.39. The maximum absolute atomic E-state index is 13.6. The van der Waals surface area contributed by atoms with E-state index in [0.717, 1.165) is 6.07 Å². The molecule has 0 aromatic heterocycles. The van der Waals surface area contributed by atoms with Gasteiger partial charge in [-0.1, -0.05) is 6.07 Å². The average molecular weight is 269 g/mol. The van der Waals surface area contributed by atoms with E-state index in [0.29, 0.717) is 13.1 Å². The molecular weight excluding hydrogens is 253 g/mol. The Kier molecular flexibility index (Phi) is 4.01. The molecule has 2 atom stereocenters. The largest absolute Gasteiger partial charge is 0.507 e. The highest BCUT2D eigenvalue weighted by atomic mass is 19.1. The number of benzene rings is 1. The lowest BCUT2D eigenvalue weighted by molar-refractivity contribution is -0.00461. The lowest BCUT2D eigenvalue weighted by Crippen LogP contribution is -2.30. The fraction of sp³-hybridized carbons (Fsp3) is 0.462. The lowest BCUT2D eigenvalue weighted by atomic mass is 10.1. The topological polar surface area (TPSA) is 59.0 Å². The highest BCUT2D eigenvalue weighted by molar-refractivity contribution is 5.97. The van der Waals surface area contributed by atoms with Crippen molar-refractivity contribution in [3.63, 3.8) is 0 Å². The highest BCUT2D eigenvalue weighted by Crippen LogP contribution is 2.25. The molecule has 1 aromatic rings. The Labute approximate surface area is 110 Å². The van der Waals surface area contributed by atoms with Gasteiger partial charge in [-0.2, -0.15) is 0 Å². The quantitative estimate of drug-likeness (QED) is 0.890. The van der Waals surface area contributed by atoms with E-state index < -0.39 is 11.7 Å². The number of ether oxygens (including phenoxy) is 2. The Balaban J connectivity index is 2.22. The second-order valence-corrected chi connectivity index (χ2v) is 4.39. The van der Waals surface area contributed by atoms with Crippen LogP contribution in [0.15, 0.2) is 18.2 Å². The van der Waals surface area contributed by atoms with Crippen molar-refractivity contribution in [3.05, 3.63) is 29.6 Å². The highest BCUT2D eigenvalue weighted by Gasteiger charge is 2.37. The minimum atomic E-state index is -0.736. The van der Waals surface area contributed by atoms with Gasteiger partial charge in [0.2, 0.25) is 0 Å². The first kappa shape index (κ1) is 13.8. The molecule has 0 radical (unpaired) electrons. The zero-order valence-corrected chi connectivity index (χ0v) is 10.8. The molecule has 104 valence electrons. The minimum Gasteiger partial charge on any atom is -0.507 e. The number of nitrogens with zero attached hydrogens (tertiary/aromatic N) is 1. The second kappa shape index (κ2) is 5.54. The molecule has 0 aliphatic carbocycles. The molecule has 1 N–H and O–H groups in total. The normalized spacial score (nSPS) is 22.8. The van der Waals surface area contributed by atoms with Gasteiger partial charge in [-0.15, -0.1) is 0 Å². The van der Waals surface area contributed by atoms with Crippen molar-refractivity contribution in [3.8, 4) is 5.75 Å². The fourth-order valence-corrected chi connectivity index (χ4v) is 2.25. The van der Waals surface area contributed by atoms with Crippen molar-refractivity contribution in [2.24, 2.45) is 0 Å². The van der Waals surface area contributed by atoms with Crippen molar-refractivity contribution in [2.75, 3.05) is 27.3 Å². The summed E-state index contributed by atoms with van der Waals surface area (Å²) in [6.45, 7) is 0.614. The number of rotatable bonds is 3. The Hall–Kier alpha value is -1.66. The van der Waals surface area contributed by atoms with Gasteiger partial charge in [-0.3, -0.25) is 4.79 Å². The van der Waals surface area contributed by atoms with E-state index in [9.17, 15) is 14.3 Å². The van der Waals surface area contributed by atoms with Crippen molar-refractivity contribution in [1.29, 1.82) is 0 Å². The molecule has 0 spiro atoms. The van der Waals surface area contributed by atoms with Crippen LogP contribution in [0, 0.1) is 5.82 Å². The van der Waals surface area contributed by atoms with Crippen LogP contribution in [0.4, 0.5) is 4.39 Å². The first-order valence-electron chi connectivity index (χ1n) is 5.90. The summed E-state index contributed by atoms with van der Waals surface area (Å²) in [5, 5.41) is 9.62. The molecule has 0 bridgehead atoms. The maximum Gasteiger partial charge on any atom is 0.260 e. The summed E-state index contributed by atoms with van der Waals surface area (Å²) in [7, 11) is 3.07. The van der Waals surface area contributed by atoms with E-state index in [1.165, 1.54) is 31.3 Å². The molecule has 1 amide bonds. The summed E-state index contributed by atoms with van der Waals surface area (Å²) in [5.41, 5.74) is -0.311. The monoisotopic (exact) mass is 269 g/mol. The van der Waals surface area contributed by atoms with E-state index in [4.69, 9.17) is 9.47 Å². The summed E-state index contributed by atoms with van der Waals surface area (Å²) in [4.78, 5) is 13.6. The number of methoxy groups -OCH3 is 2. The Morgan fingerprint density at radius 2 is 1.89 bits per heavy atom. The number of likely N-dealkylation sites (tertiary alicyclic amines) is 1. The molecule has 2 rings (SSSR count). The average Bonchev–Trinajstić information content (AvgIpc) is 2.81. The molecule has 19 heavy (non-hydrogen) atoms. The molecular formula is C13H16FNO4. The van der Waals surface area contributed by atoms with Crippen LogP contribution >= 0.6 is 0 Å². The van der Waals surface area contributed by atoms with E-state index in [2.05, 4.69) is 0 Å². The first-order chi connectivity index (χ1) is 9.08. The lowest BCUT2D eigenvalue weighted by Gasteiger charge is -2.16. The predicted octanol–water partition coefficient (Wildman–Crippen LogP) is 1.02. The van der Waals surface area contributed by atoms with Crippen molar-refractivity contribution in [1.82, 2.24) is 4.90 Å². The van der Waals surface area contributed by atoms with Crippen LogP contribution in [-0.2, 0) is 9.47 Å². The molecule has 0 saturated carbocycles. The standard InChI is InChI=1S/C13H16FNO4/c1-18-10-6-15(7-11(10)19-2)13(17)12-8(14)4-3-5-9(12)16/h3-5,10-11,16H,6-7H2,1-2H3. The first-order valence-corrected chi connectivity index (χ1v) is 5.90.